The summed E-state index contributed by atoms with van der Waals surface area (Å²) in [5.74, 6) is -1.68. The molecule has 7 rings (SSSR count). The fourth-order valence-corrected chi connectivity index (χ4v) is 5.90. The number of carboxylic acids is 1. The molecule has 2 bridgehead atoms. The summed E-state index contributed by atoms with van der Waals surface area (Å²) in [7, 11) is 0. The summed E-state index contributed by atoms with van der Waals surface area (Å²) >= 11 is 0. The van der Waals surface area contributed by atoms with Crippen molar-refractivity contribution in [2.24, 2.45) is 11.8 Å². The number of rotatable bonds is 5. The van der Waals surface area contributed by atoms with Crippen LogP contribution in [0.3, 0.4) is 0 Å². The molecule has 2 heterocycles. The Morgan fingerprint density at radius 1 is 0.914 bits per heavy atom. The Labute approximate surface area is 202 Å². The lowest BCUT2D eigenvalue weighted by Crippen LogP contribution is -2.45. The molecule has 0 radical (unpaired) electrons. The lowest BCUT2D eigenvalue weighted by atomic mass is 9.74. The van der Waals surface area contributed by atoms with Crippen LogP contribution in [0.4, 0.5) is 10.5 Å². The largest absolute Gasteiger partial charge is 0.481 e. The van der Waals surface area contributed by atoms with Crippen molar-refractivity contribution >= 4 is 23.7 Å². The van der Waals surface area contributed by atoms with Gasteiger partial charge in [-0.2, -0.15) is 0 Å². The Morgan fingerprint density at radius 2 is 1.54 bits per heavy atom. The Kier molecular flexibility index (Phi) is 5.06. The van der Waals surface area contributed by atoms with Crippen LogP contribution in [-0.4, -0.2) is 47.2 Å². The van der Waals surface area contributed by atoms with Crippen molar-refractivity contribution in [2.75, 3.05) is 18.5 Å². The second-order valence-electron chi connectivity index (χ2n) is 9.38. The number of carbonyl (C=O) groups excluding carboxylic acids is 2. The summed E-state index contributed by atoms with van der Waals surface area (Å²) in [6, 6.07) is 22.7. The lowest BCUT2D eigenvalue weighted by Gasteiger charge is -2.33. The highest BCUT2D eigenvalue weighted by Crippen LogP contribution is 2.47. The number of nitrogens with one attached hydrogen (secondary N) is 1. The summed E-state index contributed by atoms with van der Waals surface area (Å²) in [6.45, 7) is 0.603. The molecule has 35 heavy (non-hydrogen) atoms. The number of ether oxygens (including phenoxy) is 1. The van der Waals surface area contributed by atoms with Crippen molar-refractivity contribution in [3.05, 3.63) is 89.5 Å². The first-order valence-corrected chi connectivity index (χ1v) is 11.8. The zero-order valence-electron chi connectivity index (χ0n) is 18.9. The fraction of sp³-hybridized carbons (Fsp3) is 0.250. The molecule has 0 aromatic heterocycles. The predicted octanol–water partition coefficient (Wildman–Crippen LogP) is 4.59. The van der Waals surface area contributed by atoms with Crippen molar-refractivity contribution in [1.82, 2.24) is 4.90 Å². The predicted molar refractivity (Wildman–Crippen MR) is 129 cm³/mol. The van der Waals surface area contributed by atoms with Gasteiger partial charge >= 0.3 is 12.1 Å². The first-order chi connectivity index (χ1) is 17.0. The number of hydrogen-bond donors (Lipinski definition) is 2. The topological polar surface area (TPSA) is 95.9 Å². The smallest absolute Gasteiger partial charge is 0.411 e. The van der Waals surface area contributed by atoms with Crippen LogP contribution in [0.15, 0.2) is 72.8 Å². The van der Waals surface area contributed by atoms with Crippen LogP contribution in [0.2, 0.25) is 0 Å². The highest BCUT2D eigenvalue weighted by Gasteiger charge is 2.57. The third-order valence-electron chi connectivity index (χ3n) is 7.58. The number of carbonyl (C=O) groups is 3. The Hall–Kier alpha value is -4.13. The van der Waals surface area contributed by atoms with Crippen LogP contribution in [0, 0.1) is 11.8 Å². The molecule has 176 valence electrons. The highest BCUT2D eigenvalue weighted by atomic mass is 16.5. The van der Waals surface area contributed by atoms with Crippen LogP contribution in [0.25, 0.3) is 11.1 Å². The molecular formula is C28H24N2O5. The monoisotopic (exact) mass is 468 g/mol. The first kappa shape index (κ1) is 21.4. The standard InChI is InChI=1S/C28H24N2O5/c31-26(30-14-16-13-24(30)25(16)27(32)33)21-11-5-6-12-23(21)29-28(34)35-15-22-19-9-3-1-7-17(19)18-8-2-4-10-20(18)22/h1-12,16,22,24-25H,13-15H2,(H,29,34)(H,32,33). The van der Waals surface area contributed by atoms with Gasteiger partial charge in [0.05, 0.1) is 17.2 Å². The SMILES string of the molecule is O=C(Nc1ccccc1C(=O)N1CC2CC1C2C(=O)O)OCC1c2ccccc2-c2ccccc21. The number of carboxylic acid groups (broad SMARTS) is 1. The molecule has 3 atom stereocenters. The van der Waals surface area contributed by atoms with Gasteiger partial charge in [-0.15, -0.1) is 0 Å². The maximum absolute atomic E-state index is 13.2. The molecule has 7 heteroatoms. The van der Waals surface area contributed by atoms with Crippen molar-refractivity contribution in [3.8, 4) is 11.1 Å². The van der Waals surface area contributed by atoms with Crippen LogP contribution in [0.5, 0.6) is 0 Å². The van der Waals surface area contributed by atoms with E-state index in [0.717, 1.165) is 22.3 Å². The van der Waals surface area contributed by atoms with E-state index in [1.807, 2.05) is 24.3 Å². The van der Waals surface area contributed by atoms with Gasteiger partial charge in [-0.25, -0.2) is 4.79 Å². The van der Waals surface area contributed by atoms with Crippen molar-refractivity contribution < 1.29 is 24.2 Å². The summed E-state index contributed by atoms with van der Waals surface area (Å²) in [6.07, 6.45) is 0.0752. The molecule has 3 aromatic rings. The molecule has 7 nitrogen and oxygen atoms in total. The quantitative estimate of drug-likeness (QED) is 0.571. The molecule has 1 saturated carbocycles. The number of fused-ring (bicyclic) bond motifs is 4. The third kappa shape index (κ3) is 3.46. The van der Waals surface area contributed by atoms with E-state index in [-0.39, 0.29) is 30.4 Å². The van der Waals surface area contributed by atoms with E-state index >= 15 is 0 Å². The number of anilines is 1. The molecule has 3 unspecified atom stereocenters. The summed E-state index contributed by atoms with van der Waals surface area (Å²) in [4.78, 5) is 39.1. The summed E-state index contributed by atoms with van der Waals surface area (Å²) < 4.78 is 5.63. The average Bonchev–Trinajstić information content (AvgIpc) is 3.53. The Bertz CT molecular complexity index is 1310. The number of aliphatic carboxylic acids is 1. The number of para-hydroxylation sites is 1. The fourth-order valence-electron chi connectivity index (χ4n) is 5.90. The van der Waals surface area contributed by atoms with E-state index in [1.54, 1.807) is 29.2 Å². The summed E-state index contributed by atoms with van der Waals surface area (Å²) in [5, 5.41) is 12.1. The maximum Gasteiger partial charge on any atom is 0.411 e. The minimum Gasteiger partial charge on any atom is -0.481 e. The van der Waals surface area contributed by atoms with E-state index in [0.29, 0.717) is 24.2 Å². The normalized spacial score (nSPS) is 21.6. The molecule has 2 N–H and O–H groups in total. The van der Waals surface area contributed by atoms with E-state index in [2.05, 4.69) is 29.6 Å². The lowest BCUT2D eigenvalue weighted by molar-refractivity contribution is -0.147. The highest BCUT2D eigenvalue weighted by molar-refractivity contribution is 6.03. The number of nitrogens with zero attached hydrogens (tertiary/aromatic N) is 1. The van der Waals surface area contributed by atoms with Crippen LogP contribution in [-0.2, 0) is 9.53 Å². The van der Waals surface area contributed by atoms with Gasteiger partial charge in [0, 0.05) is 18.5 Å². The molecule has 3 fully saturated rings. The molecule has 2 amide bonds. The minimum atomic E-state index is -0.855. The Balaban J connectivity index is 1.16. The molecular weight excluding hydrogens is 444 g/mol. The van der Waals surface area contributed by atoms with Gasteiger partial charge in [0.25, 0.3) is 5.91 Å². The molecule has 2 saturated heterocycles. The van der Waals surface area contributed by atoms with E-state index in [4.69, 9.17) is 4.74 Å². The maximum atomic E-state index is 13.2. The van der Waals surface area contributed by atoms with Gasteiger partial charge in [-0.1, -0.05) is 60.7 Å². The second-order valence-corrected chi connectivity index (χ2v) is 9.38. The molecule has 4 aliphatic rings. The van der Waals surface area contributed by atoms with Crippen LogP contribution in [0.1, 0.15) is 33.8 Å². The van der Waals surface area contributed by atoms with Crippen LogP contribution < -0.4 is 5.32 Å². The molecule has 3 aromatic carbocycles. The van der Waals surface area contributed by atoms with Gasteiger partial charge < -0.3 is 14.7 Å². The molecule has 2 aliphatic heterocycles. The van der Waals surface area contributed by atoms with Crippen LogP contribution >= 0.6 is 0 Å². The number of benzene rings is 3. The number of hydrogen-bond acceptors (Lipinski definition) is 4. The van der Waals surface area contributed by atoms with Gasteiger partial charge in [0.2, 0.25) is 0 Å². The van der Waals surface area contributed by atoms with Crippen molar-refractivity contribution in [3.63, 3.8) is 0 Å². The van der Waals surface area contributed by atoms with Crippen molar-refractivity contribution in [2.45, 2.75) is 18.4 Å². The van der Waals surface area contributed by atoms with Gasteiger partial charge in [0.1, 0.15) is 6.61 Å². The second kappa shape index (κ2) is 8.27. The first-order valence-electron chi connectivity index (χ1n) is 11.8. The van der Waals surface area contributed by atoms with E-state index in [9.17, 15) is 19.5 Å². The molecule has 0 spiro atoms. The zero-order chi connectivity index (χ0) is 24.1. The van der Waals surface area contributed by atoms with Gasteiger partial charge in [-0.05, 0) is 46.7 Å². The van der Waals surface area contributed by atoms with Crippen molar-refractivity contribution in [1.29, 1.82) is 0 Å². The third-order valence-corrected chi connectivity index (χ3v) is 7.58. The average molecular weight is 469 g/mol. The minimum absolute atomic E-state index is 0.00343. The van der Waals surface area contributed by atoms with Gasteiger partial charge in [0.15, 0.2) is 0 Å². The summed E-state index contributed by atoms with van der Waals surface area (Å²) in [5.41, 5.74) is 5.23. The van der Waals surface area contributed by atoms with E-state index < -0.39 is 18.0 Å². The zero-order valence-corrected chi connectivity index (χ0v) is 18.9. The van der Waals surface area contributed by atoms with E-state index in [1.165, 1.54) is 0 Å². The van der Waals surface area contributed by atoms with Gasteiger partial charge in [-0.3, -0.25) is 14.9 Å². The molecule has 2 aliphatic carbocycles. The Morgan fingerprint density at radius 3 is 2.20 bits per heavy atom. The number of amides is 2.